The van der Waals surface area contributed by atoms with E-state index in [0.29, 0.717) is 0 Å². The van der Waals surface area contributed by atoms with Crippen molar-refractivity contribution < 1.29 is 0 Å². The first-order valence-electron chi connectivity index (χ1n) is 6.45. The molecular formula is C16H19ClN2. The molecule has 2 aromatic carbocycles. The normalized spacial score (nSPS) is 10.5. The van der Waals surface area contributed by atoms with Crippen LogP contribution in [0.5, 0.6) is 0 Å². The number of nitrogens with two attached hydrogens (primary N) is 1. The van der Waals surface area contributed by atoms with Crippen LogP contribution in [0.4, 0.5) is 11.4 Å². The van der Waals surface area contributed by atoms with Crippen molar-refractivity contribution in [3.63, 3.8) is 0 Å². The smallest absolute Gasteiger partial charge is 0.0450 e. The molecule has 2 aromatic rings. The second kappa shape index (κ2) is 5.98. The van der Waals surface area contributed by atoms with Gasteiger partial charge in [-0.1, -0.05) is 23.7 Å². The number of hydrogen-bond acceptors (Lipinski definition) is 2. The van der Waals surface area contributed by atoms with Crippen molar-refractivity contribution >= 4 is 23.0 Å². The Hall–Kier alpha value is -1.67. The molecule has 0 unspecified atom stereocenters. The molecule has 0 saturated heterocycles. The lowest BCUT2D eigenvalue weighted by Crippen LogP contribution is -2.22. The Balaban J connectivity index is 2.26. The van der Waals surface area contributed by atoms with E-state index >= 15 is 0 Å². The lowest BCUT2D eigenvalue weighted by atomic mass is 10.1. The molecule has 0 amide bonds. The van der Waals surface area contributed by atoms with E-state index in [2.05, 4.69) is 43.0 Å². The summed E-state index contributed by atoms with van der Waals surface area (Å²) in [4.78, 5) is 2.29. The number of rotatable bonds is 4. The van der Waals surface area contributed by atoms with Gasteiger partial charge in [0.2, 0.25) is 0 Å². The van der Waals surface area contributed by atoms with E-state index in [4.69, 9.17) is 17.3 Å². The van der Waals surface area contributed by atoms with Crippen LogP contribution >= 0.6 is 11.6 Å². The highest BCUT2D eigenvalue weighted by Crippen LogP contribution is 2.23. The molecule has 0 saturated carbocycles. The molecule has 100 valence electrons. The first-order valence-corrected chi connectivity index (χ1v) is 6.83. The van der Waals surface area contributed by atoms with Crippen LogP contribution in [0.2, 0.25) is 5.02 Å². The van der Waals surface area contributed by atoms with E-state index in [9.17, 15) is 0 Å². The maximum Gasteiger partial charge on any atom is 0.0450 e. The van der Waals surface area contributed by atoms with E-state index in [1.807, 2.05) is 18.2 Å². The molecule has 0 atom stereocenters. The highest BCUT2D eigenvalue weighted by molar-refractivity contribution is 6.30. The highest BCUT2D eigenvalue weighted by atomic mass is 35.5. The SMILES string of the molecule is CCN(Cc1cc(Cl)ccc1N)c1cccc(C)c1. The van der Waals surface area contributed by atoms with Gasteiger partial charge in [0.1, 0.15) is 0 Å². The van der Waals surface area contributed by atoms with E-state index in [1.54, 1.807) is 0 Å². The van der Waals surface area contributed by atoms with E-state index < -0.39 is 0 Å². The lowest BCUT2D eigenvalue weighted by Gasteiger charge is -2.24. The number of benzene rings is 2. The Morgan fingerprint density at radius 1 is 1.16 bits per heavy atom. The molecular weight excluding hydrogens is 256 g/mol. The first kappa shape index (κ1) is 13.8. The van der Waals surface area contributed by atoms with Crippen LogP contribution in [0.25, 0.3) is 0 Å². The Morgan fingerprint density at radius 2 is 1.95 bits per heavy atom. The number of nitrogens with zero attached hydrogens (tertiary/aromatic N) is 1. The Bertz CT molecular complexity index is 566. The molecule has 0 aliphatic carbocycles. The van der Waals surface area contributed by atoms with Crippen molar-refractivity contribution in [2.24, 2.45) is 0 Å². The van der Waals surface area contributed by atoms with E-state index in [1.165, 1.54) is 11.3 Å². The van der Waals surface area contributed by atoms with Gasteiger partial charge >= 0.3 is 0 Å². The molecule has 0 spiro atoms. The molecule has 0 aliphatic heterocycles. The zero-order valence-electron chi connectivity index (χ0n) is 11.4. The van der Waals surface area contributed by atoms with Gasteiger partial charge in [-0.25, -0.2) is 0 Å². The van der Waals surface area contributed by atoms with Crippen LogP contribution in [-0.4, -0.2) is 6.54 Å². The molecule has 0 aliphatic rings. The van der Waals surface area contributed by atoms with Gasteiger partial charge in [0.15, 0.2) is 0 Å². The number of halogens is 1. The second-order valence-corrected chi connectivity index (χ2v) is 5.13. The fourth-order valence-electron chi connectivity index (χ4n) is 2.13. The standard InChI is InChI=1S/C16H19ClN2/c1-3-19(15-6-4-5-12(2)9-15)11-13-10-14(17)7-8-16(13)18/h4-10H,3,11,18H2,1-2H3. The summed E-state index contributed by atoms with van der Waals surface area (Å²) in [5.74, 6) is 0. The van der Waals surface area contributed by atoms with Gasteiger partial charge in [-0.15, -0.1) is 0 Å². The van der Waals surface area contributed by atoms with Crippen LogP contribution in [0.1, 0.15) is 18.1 Å². The monoisotopic (exact) mass is 274 g/mol. The molecule has 0 aromatic heterocycles. The zero-order valence-corrected chi connectivity index (χ0v) is 12.1. The van der Waals surface area contributed by atoms with E-state index in [0.717, 1.165) is 29.4 Å². The number of aryl methyl sites for hydroxylation is 1. The first-order chi connectivity index (χ1) is 9.10. The van der Waals surface area contributed by atoms with Crippen LogP contribution in [0.15, 0.2) is 42.5 Å². The molecule has 2 N–H and O–H groups in total. The largest absolute Gasteiger partial charge is 0.398 e. The maximum atomic E-state index is 6.04. The molecule has 0 bridgehead atoms. The molecule has 0 heterocycles. The Labute approximate surface area is 119 Å². The predicted molar refractivity (Wildman–Crippen MR) is 83.8 cm³/mol. The molecule has 2 nitrogen and oxygen atoms in total. The van der Waals surface area contributed by atoms with Crippen molar-refractivity contribution in [3.8, 4) is 0 Å². The van der Waals surface area contributed by atoms with Crippen LogP contribution < -0.4 is 10.6 Å². The van der Waals surface area contributed by atoms with Gasteiger partial charge in [0, 0.05) is 29.5 Å². The molecule has 19 heavy (non-hydrogen) atoms. The van der Waals surface area contributed by atoms with E-state index in [-0.39, 0.29) is 0 Å². The second-order valence-electron chi connectivity index (χ2n) is 4.70. The van der Waals surface area contributed by atoms with Gasteiger partial charge < -0.3 is 10.6 Å². The summed E-state index contributed by atoms with van der Waals surface area (Å²) in [6, 6.07) is 14.1. The summed E-state index contributed by atoms with van der Waals surface area (Å²) < 4.78 is 0. The summed E-state index contributed by atoms with van der Waals surface area (Å²) in [7, 11) is 0. The van der Waals surface area contributed by atoms with Crippen molar-refractivity contribution in [2.45, 2.75) is 20.4 Å². The third-order valence-corrected chi connectivity index (χ3v) is 3.45. The quantitative estimate of drug-likeness (QED) is 0.844. The van der Waals surface area contributed by atoms with Gasteiger partial charge in [-0.05, 0) is 55.3 Å². The highest BCUT2D eigenvalue weighted by Gasteiger charge is 2.08. The molecule has 0 radical (unpaired) electrons. The van der Waals surface area contributed by atoms with Gasteiger partial charge in [0.25, 0.3) is 0 Å². The van der Waals surface area contributed by atoms with Gasteiger partial charge in [0.05, 0.1) is 0 Å². The predicted octanol–water partition coefficient (Wildman–Crippen LogP) is 4.26. The molecule has 3 heteroatoms. The van der Waals surface area contributed by atoms with Gasteiger partial charge in [-0.2, -0.15) is 0 Å². The minimum absolute atomic E-state index is 0.726. The summed E-state index contributed by atoms with van der Waals surface area (Å²) in [6.45, 7) is 5.94. The maximum absolute atomic E-state index is 6.04. The summed E-state index contributed by atoms with van der Waals surface area (Å²) in [6.07, 6.45) is 0. The summed E-state index contributed by atoms with van der Waals surface area (Å²) in [5, 5.41) is 0.726. The van der Waals surface area contributed by atoms with Crippen LogP contribution in [0.3, 0.4) is 0 Å². The average Bonchev–Trinajstić information content (AvgIpc) is 2.39. The molecule has 0 fully saturated rings. The third kappa shape index (κ3) is 3.42. The molecule has 2 rings (SSSR count). The lowest BCUT2D eigenvalue weighted by molar-refractivity contribution is 0.833. The fourth-order valence-corrected chi connectivity index (χ4v) is 2.32. The number of nitrogen functional groups attached to an aromatic ring is 1. The van der Waals surface area contributed by atoms with Crippen molar-refractivity contribution in [3.05, 3.63) is 58.6 Å². The Kier molecular flexibility index (Phi) is 4.33. The minimum atomic E-state index is 0.726. The summed E-state index contributed by atoms with van der Waals surface area (Å²) in [5.41, 5.74) is 10.3. The van der Waals surface area contributed by atoms with Crippen molar-refractivity contribution in [2.75, 3.05) is 17.2 Å². The fraction of sp³-hybridized carbons (Fsp3) is 0.250. The minimum Gasteiger partial charge on any atom is -0.398 e. The van der Waals surface area contributed by atoms with Crippen molar-refractivity contribution in [1.29, 1.82) is 0 Å². The van der Waals surface area contributed by atoms with Crippen LogP contribution in [0, 0.1) is 6.92 Å². The van der Waals surface area contributed by atoms with Crippen LogP contribution in [-0.2, 0) is 6.54 Å². The third-order valence-electron chi connectivity index (χ3n) is 3.21. The zero-order chi connectivity index (χ0) is 13.8. The van der Waals surface area contributed by atoms with Gasteiger partial charge in [-0.3, -0.25) is 0 Å². The summed E-state index contributed by atoms with van der Waals surface area (Å²) >= 11 is 6.04. The topological polar surface area (TPSA) is 29.3 Å². The Morgan fingerprint density at radius 3 is 2.63 bits per heavy atom. The average molecular weight is 275 g/mol. The number of hydrogen-bond donors (Lipinski definition) is 1. The van der Waals surface area contributed by atoms with Crippen molar-refractivity contribution in [1.82, 2.24) is 0 Å². The number of anilines is 2.